The smallest absolute Gasteiger partial charge is 0.0731 e. The summed E-state index contributed by atoms with van der Waals surface area (Å²) in [6, 6.07) is 7.83. The van der Waals surface area contributed by atoms with Crippen LogP contribution in [0, 0.1) is 11.3 Å². The van der Waals surface area contributed by atoms with Gasteiger partial charge in [-0.15, -0.1) is 0 Å². The Morgan fingerprint density at radius 3 is 2.58 bits per heavy atom. The van der Waals surface area contributed by atoms with Crippen LogP contribution in [-0.4, -0.2) is 19.7 Å². The second-order valence-corrected chi connectivity index (χ2v) is 6.68. The normalized spacial score (nSPS) is 12.1. The van der Waals surface area contributed by atoms with Crippen molar-refractivity contribution in [1.82, 2.24) is 5.32 Å². The Morgan fingerprint density at radius 1 is 1.26 bits per heavy atom. The van der Waals surface area contributed by atoms with Gasteiger partial charge in [-0.2, -0.15) is 0 Å². The number of benzene rings is 1. The first-order valence-corrected chi connectivity index (χ1v) is 7.30. The van der Waals surface area contributed by atoms with E-state index in [0.29, 0.717) is 12.5 Å². The number of nitrogens with one attached hydrogen (secondary N) is 1. The lowest BCUT2D eigenvalue weighted by Crippen LogP contribution is -2.35. The summed E-state index contributed by atoms with van der Waals surface area (Å²) in [7, 11) is 0. The molecule has 0 saturated heterocycles. The average Bonchev–Trinajstić information content (AvgIpc) is 2.30. The van der Waals surface area contributed by atoms with Crippen molar-refractivity contribution in [3.8, 4) is 0 Å². The maximum Gasteiger partial charge on any atom is 0.0731 e. The highest BCUT2D eigenvalue weighted by atomic mass is 35.5. The molecule has 1 aromatic carbocycles. The van der Waals surface area contributed by atoms with E-state index in [1.165, 1.54) is 0 Å². The van der Waals surface area contributed by atoms with Gasteiger partial charge < -0.3 is 10.1 Å². The van der Waals surface area contributed by atoms with E-state index in [1.807, 2.05) is 24.3 Å². The van der Waals surface area contributed by atoms with Crippen molar-refractivity contribution in [2.45, 2.75) is 34.3 Å². The van der Waals surface area contributed by atoms with E-state index in [-0.39, 0.29) is 5.41 Å². The number of ether oxygens (including phenoxy) is 1. The first-order valence-electron chi connectivity index (χ1n) is 6.92. The van der Waals surface area contributed by atoms with Crippen LogP contribution in [0.5, 0.6) is 0 Å². The highest BCUT2D eigenvalue weighted by Gasteiger charge is 2.18. The van der Waals surface area contributed by atoms with Gasteiger partial charge in [0.05, 0.1) is 13.2 Å². The van der Waals surface area contributed by atoms with Crippen LogP contribution in [-0.2, 0) is 11.3 Å². The highest BCUT2D eigenvalue weighted by Crippen LogP contribution is 2.19. The van der Waals surface area contributed by atoms with Gasteiger partial charge in [0.2, 0.25) is 0 Å². The van der Waals surface area contributed by atoms with E-state index in [1.54, 1.807) is 0 Å². The van der Waals surface area contributed by atoms with Crippen molar-refractivity contribution < 1.29 is 4.74 Å². The van der Waals surface area contributed by atoms with Crippen molar-refractivity contribution in [3.63, 3.8) is 0 Å². The molecule has 0 radical (unpaired) electrons. The van der Waals surface area contributed by atoms with Gasteiger partial charge in [-0.1, -0.05) is 57.5 Å². The molecule has 0 aliphatic rings. The quantitative estimate of drug-likeness (QED) is 0.775. The van der Waals surface area contributed by atoms with Crippen LogP contribution in [0.15, 0.2) is 24.3 Å². The topological polar surface area (TPSA) is 21.3 Å². The maximum atomic E-state index is 6.10. The highest BCUT2D eigenvalue weighted by molar-refractivity contribution is 6.31. The fourth-order valence-corrected chi connectivity index (χ4v) is 1.99. The summed E-state index contributed by atoms with van der Waals surface area (Å²) in [5.41, 5.74) is 1.19. The summed E-state index contributed by atoms with van der Waals surface area (Å²) in [4.78, 5) is 0. The third kappa shape index (κ3) is 6.95. The van der Waals surface area contributed by atoms with Crippen molar-refractivity contribution >= 4 is 11.6 Å². The Hall–Kier alpha value is -0.570. The van der Waals surface area contributed by atoms with Crippen molar-refractivity contribution in [2.75, 3.05) is 19.7 Å². The van der Waals surface area contributed by atoms with E-state index in [4.69, 9.17) is 16.3 Å². The van der Waals surface area contributed by atoms with Crippen molar-refractivity contribution in [3.05, 3.63) is 34.9 Å². The number of rotatable bonds is 8. The van der Waals surface area contributed by atoms with Gasteiger partial charge >= 0.3 is 0 Å². The summed E-state index contributed by atoms with van der Waals surface area (Å²) >= 11 is 6.10. The Balaban J connectivity index is 2.29. The molecule has 3 heteroatoms. The van der Waals surface area contributed by atoms with Crippen molar-refractivity contribution in [1.29, 1.82) is 0 Å². The molecule has 1 N–H and O–H groups in total. The van der Waals surface area contributed by atoms with E-state index >= 15 is 0 Å². The molecule has 0 spiro atoms. The molecule has 0 atom stereocenters. The number of hydrogen-bond donors (Lipinski definition) is 1. The molecular weight excluding hydrogens is 258 g/mol. The number of hydrogen-bond acceptors (Lipinski definition) is 2. The summed E-state index contributed by atoms with van der Waals surface area (Å²) < 4.78 is 5.80. The lowest BCUT2D eigenvalue weighted by atomic mass is 9.94. The zero-order valence-corrected chi connectivity index (χ0v) is 13.3. The third-order valence-electron chi connectivity index (χ3n) is 2.86. The Kier molecular flexibility index (Phi) is 6.84. The van der Waals surface area contributed by atoms with E-state index in [2.05, 4.69) is 33.0 Å². The minimum Gasteiger partial charge on any atom is -0.376 e. The Bertz CT molecular complexity index is 377. The molecule has 1 rings (SSSR count). The predicted molar refractivity (Wildman–Crippen MR) is 82.6 cm³/mol. The molecule has 0 amide bonds. The van der Waals surface area contributed by atoms with E-state index < -0.39 is 0 Å². The standard InChI is InChI=1S/C16H26ClNO/c1-13(2)9-18-11-16(3,4)12-19-10-14-7-5-6-8-15(14)17/h5-8,13,18H,9-12H2,1-4H3. The van der Waals surface area contributed by atoms with E-state index in [0.717, 1.165) is 30.3 Å². The molecule has 2 nitrogen and oxygen atoms in total. The SMILES string of the molecule is CC(C)CNCC(C)(C)COCc1ccccc1Cl. The van der Waals surface area contributed by atoms with Crippen LogP contribution in [0.4, 0.5) is 0 Å². The second kappa shape index (κ2) is 7.88. The molecule has 0 heterocycles. The van der Waals surface area contributed by atoms with Gasteiger partial charge in [0.1, 0.15) is 0 Å². The van der Waals surface area contributed by atoms with Gasteiger partial charge in [-0.25, -0.2) is 0 Å². The molecule has 0 saturated carbocycles. The van der Waals surface area contributed by atoms with Gasteiger partial charge in [0.25, 0.3) is 0 Å². The molecule has 0 unspecified atom stereocenters. The zero-order valence-electron chi connectivity index (χ0n) is 12.5. The van der Waals surface area contributed by atoms with Crippen molar-refractivity contribution in [2.24, 2.45) is 11.3 Å². The van der Waals surface area contributed by atoms with Crippen LogP contribution in [0.25, 0.3) is 0 Å². The molecule has 0 aliphatic heterocycles. The zero-order chi connectivity index (χ0) is 14.3. The van der Waals surface area contributed by atoms with Gasteiger partial charge in [-0.05, 0) is 24.1 Å². The molecule has 0 bridgehead atoms. The largest absolute Gasteiger partial charge is 0.376 e. The maximum absolute atomic E-state index is 6.10. The monoisotopic (exact) mass is 283 g/mol. The van der Waals surface area contributed by atoms with Gasteiger partial charge in [0, 0.05) is 17.0 Å². The van der Waals surface area contributed by atoms with Crippen LogP contribution in [0.3, 0.4) is 0 Å². The minimum atomic E-state index is 0.135. The lowest BCUT2D eigenvalue weighted by molar-refractivity contribution is 0.0510. The Morgan fingerprint density at radius 2 is 1.95 bits per heavy atom. The average molecular weight is 284 g/mol. The molecule has 108 valence electrons. The van der Waals surface area contributed by atoms with Crippen LogP contribution >= 0.6 is 11.6 Å². The van der Waals surface area contributed by atoms with Crippen LogP contribution in [0.1, 0.15) is 33.3 Å². The third-order valence-corrected chi connectivity index (χ3v) is 3.23. The minimum absolute atomic E-state index is 0.135. The molecule has 0 aliphatic carbocycles. The van der Waals surface area contributed by atoms with Gasteiger partial charge in [0.15, 0.2) is 0 Å². The fourth-order valence-electron chi connectivity index (χ4n) is 1.80. The molecule has 19 heavy (non-hydrogen) atoms. The summed E-state index contributed by atoms with van der Waals surface area (Å²) in [5, 5.41) is 4.26. The fraction of sp³-hybridized carbons (Fsp3) is 0.625. The molecule has 1 aromatic rings. The molecule has 0 fully saturated rings. The number of halogens is 1. The summed E-state index contributed by atoms with van der Waals surface area (Å²) in [6.45, 7) is 12.2. The van der Waals surface area contributed by atoms with Crippen LogP contribution < -0.4 is 5.32 Å². The van der Waals surface area contributed by atoms with Gasteiger partial charge in [-0.3, -0.25) is 0 Å². The van der Waals surface area contributed by atoms with E-state index in [9.17, 15) is 0 Å². The first kappa shape index (κ1) is 16.5. The summed E-state index contributed by atoms with van der Waals surface area (Å²) in [5.74, 6) is 0.680. The molecular formula is C16H26ClNO. The van der Waals surface area contributed by atoms with Crippen LogP contribution in [0.2, 0.25) is 5.02 Å². The second-order valence-electron chi connectivity index (χ2n) is 6.27. The lowest BCUT2D eigenvalue weighted by Gasteiger charge is -2.25. The predicted octanol–water partition coefficient (Wildman–Crippen LogP) is 4.13. The first-order chi connectivity index (χ1) is 8.91. The Labute approximate surface area is 122 Å². The summed E-state index contributed by atoms with van der Waals surface area (Å²) in [6.07, 6.45) is 0. The molecule has 0 aromatic heterocycles.